The van der Waals surface area contributed by atoms with Crippen LogP contribution in [0.3, 0.4) is 0 Å². The molecule has 65 heavy (non-hydrogen) atoms. The van der Waals surface area contributed by atoms with Gasteiger partial charge in [0.25, 0.3) is 0 Å². The fourth-order valence-electron chi connectivity index (χ4n) is 8.55. The van der Waals surface area contributed by atoms with Gasteiger partial charge >= 0.3 is 17.9 Å². The van der Waals surface area contributed by atoms with Gasteiger partial charge in [-0.25, -0.2) is 0 Å². The van der Waals surface area contributed by atoms with Crippen molar-refractivity contribution in [2.24, 2.45) is 0 Å². The average molecular weight is 916 g/mol. The first-order valence-corrected chi connectivity index (χ1v) is 28.8. The summed E-state index contributed by atoms with van der Waals surface area (Å²) in [4.78, 5) is 38.1. The van der Waals surface area contributed by atoms with Crippen LogP contribution in [0, 0.1) is 0 Å². The normalized spacial score (nSPS) is 12.1. The molecule has 0 saturated carbocycles. The molecule has 0 heterocycles. The molecule has 0 N–H and O–H groups in total. The van der Waals surface area contributed by atoms with Crippen molar-refractivity contribution in [1.82, 2.24) is 0 Å². The van der Waals surface area contributed by atoms with E-state index < -0.39 is 6.10 Å². The van der Waals surface area contributed by atoms with Crippen molar-refractivity contribution in [3.8, 4) is 0 Å². The van der Waals surface area contributed by atoms with Gasteiger partial charge in [-0.2, -0.15) is 0 Å². The molecule has 0 aliphatic heterocycles. The highest BCUT2D eigenvalue weighted by Gasteiger charge is 2.19. The third-order valence-electron chi connectivity index (χ3n) is 12.9. The van der Waals surface area contributed by atoms with Crippen LogP contribution in [0.1, 0.15) is 316 Å². The number of esters is 3. The summed E-state index contributed by atoms with van der Waals surface area (Å²) < 4.78 is 16.9. The average Bonchev–Trinajstić information content (AvgIpc) is 3.30. The van der Waals surface area contributed by atoms with Crippen LogP contribution in [0.4, 0.5) is 0 Å². The van der Waals surface area contributed by atoms with E-state index in [0.29, 0.717) is 19.3 Å². The molecule has 0 amide bonds. The zero-order valence-electron chi connectivity index (χ0n) is 43.8. The first kappa shape index (κ1) is 62.9. The van der Waals surface area contributed by atoms with Gasteiger partial charge in [-0.3, -0.25) is 14.4 Å². The van der Waals surface area contributed by atoms with E-state index in [-0.39, 0.29) is 31.1 Å². The second-order valence-corrected chi connectivity index (χ2v) is 19.6. The van der Waals surface area contributed by atoms with E-state index in [4.69, 9.17) is 14.2 Å². The monoisotopic (exact) mass is 915 g/mol. The minimum atomic E-state index is -0.771. The molecule has 1 atom stereocenters. The van der Waals surface area contributed by atoms with E-state index in [9.17, 15) is 14.4 Å². The van der Waals surface area contributed by atoms with Gasteiger partial charge in [-0.15, -0.1) is 0 Å². The first-order chi connectivity index (χ1) is 32.0. The molecular formula is C59H110O6. The number of rotatable bonds is 53. The van der Waals surface area contributed by atoms with Crippen LogP contribution in [-0.4, -0.2) is 37.2 Å². The minimum Gasteiger partial charge on any atom is -0.462 e. The van der Waals surface area contributed by atoms with E-state index in [0.717, 1.165) is 57.8 Å². The number of allylic oxidation sites excluding steroid dienone is 4. The highest BCUT2D eigenvalue weighted by atomic mass is 16.6. The largest absolute Gasteiger partial charge is 0.462 e. The van der Waals surface area contributed by atoms with E-state index in [1.54, 1.807) is 0 Å². The molecule has 382 valence electrons. The van der Waals surface area contributed by atoms with Crippen LogP contribution < -0.4 is 0 Å². The Morgan fingerprint density at radius 1 is 0.292 bits per heavy atom. The van der Waals surface area contributed by atoms with Gasteiger partial charge in [0.1, 0.15) is 13.2 Å². The Morgan fingerprint density at radius 2 is 0.508 bits per heavy atom. The fraction of sp³-hybridized carbons (Fsp3) is 0.881. The van der Waals surface area contributed by atoms with Crippen LogP contribution in [0.25, 0.3) is 0 Å². The van der Waals surface area contributed by atoms with Crippen LogP contribution in [-0.2, 0) is 28.6 Å². The summed E-state index contributed by atoms with van der Waals surface area (Å²) in [6.07, 6.45) is 63.0. The first-order valence-electron chi connectivity index (χ1n) is 28.8. The number of hydrogen-bond donors (Lipinski definition) is 0. The molecule has 0 aromatic heterocycles. The number of carbonyl (C=O) groups excluding carboxylic acids is 3. The Balaban J connectivity index is 4.34. The van der Waals surface area contributed by atoms with Gasteiger partial charge < -0.3 is 14.2 Å². The number of carbonyl (C=O) groups is 3. The van der Waals surface area contributed by atoms with Crippen LogP contribution >= 0.6 is 0 Å². The molecule has 0 saturated heterocycles. The van der Waals surface area contributed by atoms with Gasteiger partial charge in [-0.05, 0) is 70.6 Å². The molecule has 0 radical (unpaired) electrons. The quantitative estimate of drug-likeness (QED) is 0.0262. The molecule has 0 aromatic rings. The van der Waals surface area contributed by atoms with Crippen molar-refractivity contribution in [2.75, 3.05) is 13.2 Å². The maximum Gasteiger partial charge on any atom is 0.306 e. The molecule has 0 aliphatic carbocycles. The van der Waals surface area contributed by atoms with Crippen molar-refractivity contribution in [1.29, 1.82) is 0 Å². The number of unbranched alkanes of at least 4 members (excludes halogenated alkanes) is 38. The molecule has 0 fully saturated rings. The molecule has 6 nitrogen and oxygen atoms in total. The third-order valence-corrected chi connectivity index (χ3v) is 12.9. The summed E-state index contributed by atoms with van der Waals surface area (Å²) in [5.74, 6) is -0.860. The summed E-state index contributed by atoms with van der Waals surface area (Å²) in [5, 5.41) is 0. The Labute approximate surface area is 404 Å². The number of hydrogen-bond acceptors (Lipinski definition) is 6. The van der Waals surface area contributed by atoms with Crippen molar-refractivity contribution in [3.05, 3.63) is 24.3 Å². The lowest BCUT2D eigenvalue weighted by Gasteiger charge is -2.18. The summed E-state index contributed by atoms with van der Waals surface area (Å²) >= 11 is 0. The molecule has 0 unspecified atom stereocenters. The fourth-order valence-corrected chi connectivity index (χ4v) is 8.55. The number of ether oxygens (including phenoxy) is 3. The predicted molar refractivity (Wildman–Crippen MR) is 279 cm³/mol. The summed E-state index contributed by atoms with van der Waals surface area (Å²) in [6.45, 7) is 6.67. The molecular weight excluding hydrogens is 805 g/mol. The van der Waals surface area contributed by atoms with E-state index in [2.05, 4.69) is 45.1 Å². The van der Waals surface area contributed by atoms with Gasteiger partial charge in [0, 0.05) is 19.3 Å². The highest BCUT2D eigenvalue weighted by molar-refractivity contribution is 5.71. The lowest BCUT2D eigenvalue weighted by Crippen LogP contribution is -2.30. The molecule has 0 rings (SSSR count). The minimum absolute atomic E-state index is 0.0700. The van der Waals surface area contributed by atoms with Crippen molar-refractivity contribution in [3.63, 3.8) is 0 Å². The molecule has 0 aromatic carbocycles. The van der Waals surface area contributed by atoms with Crippen LogP contribution in [0.2, 0.25) is 0 Å². The Bertz CT molecular complexity index is 1050. The van der Waals surface area contributed by atoms with Gasteiger partial charge in [-0.1, -0.05) is 251 Å². The summed E-state index contributed by atoms with van der Waals surface area (Å²) in [5.41, 5.74) is 0. The predicted octanol–water partition coefficient (Wildman–Crippen LogP) is 19.1. The Kier molecular flexibility index (Phi) is 52.7. The summed E-state index contributed by atoms with van der Waals surface area (Å²) in [7, 11) is 0. The second-order valence-electron chi connectivity index (χ2n) is 19.6. The SMILES string of the molecule is CCCCCCCC/C=C/CCCCCCCCCC(=O)OC[C@@H](COC(=O)CCCCCCCCCCCCCCC)OC(=O)CCCCCCCCC/C=C/CCCCCCCC. The van der Waals surface area contributed by atoms with Crippen LogP contribution in [0.5, 0.6) is 0 Å². The molecule has 0 bridgehead atoms. The maximum absolute atomic E-state index is 12.8. The van der Waals surface area contributed by atoms with Crippen molar-refractivity contribution >= 4 is 17.9 Å². The van der Waals surface area contributed by atoms with Crippen molar-refractivity contribution in [2.45, 2.75) is 322 Å². The van der Waals surface area contributed by atoms with E-state index >= 15 is 0 Å². The van der Waals surface area contributed by atoms with Crippen molar-refractivity contribution < 1.29 is 28.6 Å². The van der Waals surface area contributed by atoms with Gasteiger partial charge in [0.05, 0.1) is 0 Å². The molecule has 0 spiro atoms. The molecule has 6 heteroatoms. The zero-order valence-corrected chi connectivity index (χ0v) is 43.8. The Morgan fingerprint density at radius 3 is 0.769 bits per heavy atom. The Hall–Kier alpha value is -2.11. The van der Waals surface area contributed by atoms with Crippen LogP contribution in [0.15, 0.2) is 24.3 Å². The molecule has 0 aliphatic rings. The smallest absolute Gasteiger partial charge is 0.306 e. The lowest BCUT2D eigenvalue weighted by molar-refractivity contribution is -0.167. The topological polar surface area (TPSA) is 78.9 Å². The van der Waals surface area contributed by atoms with E-state index in [1.165, 1.54) is 218 Å². The summed E-state index contributed by atoms with van der Waals surface area (Å²) in [6, 6.07) is 0. The standard InChI is InChI=1S/C59H110O6/c1-4-7-10-13-16-19-22-25-27-29-31-34-37-40-43-46-49-52-58(61)64-55-56(54-63-57(60)51-48-45-42-39-36-33-24-21-18-15-12-9-6-3)65-59(62)53-50-47-44-41-38-35-32-30-28-26-23-20-17-14-11-8-5-2/h25-28,56H,4-24,29-55H2,1-3H3/b27-25+,28-26+/t56-/m1/s1. The van der Waals surface area contributed by atoms with Gasteiger partial charge in [0.2, 0.25) is 0 Å². The second kappa shape index (κ2) is 54.5. The van der Waals surface area contributed by atoms with Gasteiger partial charge in [0.15, 0.2) is 6.10 Å². The maximum atomic E-state index is 12.8. The lowest BCUT2D eigenvalue weighted by atomic mass is 10.0. The highest BCUT2D eigenvalue weighted by Crippen LogP contribution is 2.16. The zero-order chi connectivity index (χ0) is 47.2. The van der Waals surface area contributed by atoms with E-state index in [1.807, 2.05) is 0 Å². The third kappa shape index (κ3) is 52.7.